The molecule has 18 heteroatoms. The minimum atomic E-state index is -0.193. The van der Waals surface area contributed by atoms with Crippen LogP contribution in [0.2, 0.25) is 0 Å². The van der Waals surface area contributed by atoms with Gasteiger partial charge < -0.3 is 47.1 Å². The second-order valence-corrected chi connectivity index (χ2v) is 19.8. The highest BCUT2D eigenvalue weighted by Crippen LogP contribution is 2.43. The van der Waals surface area contributed by atoms with E-state index in [2.05, 4.69) is 40.0 Å². The van der Waals surface area contributed by atoms with E-state index in [1.54, 1.807) is 24.3 Å². The molecule has 10 heterocycles. The van der Waals surface area contributed by atoms with Gasteiger partial charge in [-0.1, -0.05) is 10.2 Å². The number of nitrogens with zero attached hydrogens (tertiary/aromatic N) is 8. The van der Waals surface area contributed by atoms with Gasteiger partial charge in [-0.2, -0.15) is 0 Å². The molecule has 2 aromatic heterocycles. The molecule has 0 N–H and O–H groups in total. The minimum Gasteiger partial charge on any atom is -0.488 e. The molecule has 16 nitrogen and oxygen atoms in total. The molecule has 0 bridgehead atoms. The van der Waals surface area contributed by atoms with Gasteiger partial charge in [0.05, 0.1) is 52.6 Å². The Bertz CT molecular complexity index is 2030. The van der Waals surface area contributed by atoms with Gasteiger partial charge in [0, 0.05) is 36.4 Å². The first kappa shape index (κ1) is 44.1. The number of aromatic nitrogens is 4. The van der Waals surface area contributed by atoms with Crippen molar-refractivity contribution in [1.82, 2.24) is 30.2 Å². The summed E-state index contributed by atoms with van der Waals surface area (Å²) < 4.78 is 75.0. The van der Waals surface area contributed by atoms with Crippen LogP contribution in [-0.4, -0.2) is 158 Å². The van der Waals surface area contributed by atoms with Crippen LogP contribution < -0.4 is 19.3 Å². The standard InChI is InChI=1S/2C24H31FN4O4/c2*25-18-3-4-22(33-20-2-1-9-30-13-20)21(10-18)17-5-7-28(8-6-17)19-11-24(32-12-19)14-29(15-24)23-27-26-16-31-23/h2*3-4,10,16-17,19-20H,1-2,5-9,11-15H2/t19-,20+;19-,20-/m00/s1. The number of rotatable bonds is 10. The first-order valence-electron chi connectivity index (χ1n) is 24.2. The molecule has 8 aliphatic heterocycles. The van der Waals surface area contributed by atoms with Crippen LogP contribution in [0.5, 0.6) is 11.5 Å². The monoisotopic (exact) mass is 916 g/mol. The lowest BCUT2D eigenvalue weighted by Crippen LogP contribution is -2.62. The largest absolute Gasteiger partial charge is 0.488 e. The van der Waals surface area contributed by atoms with E-state index >= 15 is 0 Å². The van der Waals surface area contributed by atoms with Crippen LogP contribution in [0, 0.1) is 11.6 Å². The molecule has 0 amide bonds. The number of ether oxygens (including phenoxy) is 6. The van der Waals surface area contributed by atoms with Crippen molar-refractivity contribution in [1.29, 1.82) is 0 Å². The van der Waals surface area contributed by atoms with Crippen molar-refractivity contribution < 1.29 is 46.0 Å². The van der Waals surface area contributed by atoms with Gasteiger partial charge in [0.25, 0.3) is 0 Å². The zero-order valence-corrected chi connectivity index (χ0v) is 37.7. The predicted octanol–water partition coefficient (Wildman–Crippen LogP) is 5.99. The van der Waals surface area contributed by atoms with Crippen molar-refractivity contribution >= 4 is 12.0 Å². The third kappa shape index (κ3) is 9.63. The van der Waals surface area contributed by atoms with E-state index in [0.29, 0.717) is 49.2 Å². The van der Waals surface area contributed by atoms with Gasteiger partial charge in [0.2, 0.25) is 12.8 Å². The Morgan fingerprint density at radius 1 is 0.561 bits per heavy atom. The lowest BCUT2D eigenvalue weighted by molar-refractivity contribution is -0.0217. The van der Waals surface area contributed by atoms with Crippen LogP contribution >= 0.6 is 0 Å². The molecule has 0 aliphatic carbocycles. The number of anilines is 2. The molecule has 8 fully saturated rings. The molecule has 2 spiro atoms. The third-order valence-electron chi connectivity index (χ3n) is 15.3. The smallest absolute Gasteiger partial charge is 0.318 e. The van der Waals surface area contributed by atoms with Crippen molar-refractivity contribution in [3.05, 3.63) is 71.9 Å². The molecular weight excluding hydrogens is 855 g/mol. The first-order chi connectivity index (χ1) is 32.3. The Labute approximate surface area is 384 Å². The van der Waals surface area contributed by atoms with Crippen LogP contribution in [0.15, 0.2) is 58.0 Å². The van der Waals surface area contributed by atoms with Crippen LogP contribution in [0.4, 0.5) is 20.8 Å². The maximum Gasteiger partial charge on any atom is 0.318 e. The molecule has 2 aromatic carbocycles. The highest BCUT2D eigenvalue weighted by atomic mass is 19.1. The van der Waals surface area contributed by atoms with Gasteiger partial charge in [0.1, 0.15) is 46.5 Å². The fourth-order valence-corrected chi connectivity index (χ4v) is 11.7. The highest BCUT2D eigenvalue weighted by molar-refractivity contribution is 5.39. The topological polar surface area (TPSA) is 146 Å². The van der Waals surface area contributed by atoms with Gasteiger partial charge in [-0.3, -0.25) is 9.80 Å². The second kappa shape index (κ2) is 19.3. The lowest BCUT2D eigenvalue weighted by Gasteiger charge is -2.46. The molecule has 0 unspecified atom stereocenters. The number of benzene rings is 2. The van der Waals surface area contributed by atoms with Crippen LogP contribution in [0.1, 0.15) is 87.2 Å². The van der Waals surface area contributed by atoms with E-state index in [4.69, 9.17) is 37.3 Å². The Balaban J connectivity index is 0.000000146. The van der Waals surface area contributed by atoms with E-state index < -0.39 is 0 Å². The summed E-state index contributed by atoms with van der Waals surface area (Å²) in [4.78, 5) is 9.25. The van der Waals surface area contributed by atoms with E-state index in [0.717, 1.165) is 166 Å². The lowest BCUT2D eigenvalue weighted by atomic mass is 9.86. The highest BCUT2D eigenvalue weighted by Gasteiger charge is 2.53. The fraction of sp³-hybridized carbons (Fsp3) is 0.667. The van der Waals surface area contributed by atoms with E-state index in [-0.39, 0.29) is 35.0 Å². The van der Waals surface area contributed by atoms with Gasteiger partial charge in [-0.25, -0.2) is 8.78 Å². The summed E-state index contributed by atoms with van der Waals surface area (Å²) in [6.07, 6.45) is 12.9. The van der Waals surface area contributed by atoms with Crippen molar-refractivity contribution in [2.45, 2.75) is 112 Å². The number of halogens is 2. The predicted molar refractivity (Wildman–Crippen MR) is 236 cm³/mol. The number of hydrogen-bond acceptors (Lipinski definition) is 16. The van der Waals surface area contributed by atoms with Gasteiger partial charge >= 0.3 is 12.0 Å². The summed E-state index contributed by atoms with van der Waals surface area (Å²) in [6.45, 7) is 11.5. The number of piperidine rings is 2. The molecule has 12 rings (SSSR count). The van der Waals surface area contributed by atoms with Crippen molar-refractivity contribution in [3.8, 4) is 11.5 Å². The summed E-state index contributed by atoms with van der Waals surface area (Å²) in [6, 6.07) is 11.9. The van der Waals surface area contributed by atoms with Gasteiger partial charge in [0.15, 0.2) is 0 Å². The van der Waals surface area contributed by atoms with Crippen LogP contribution in [0.3, 0.4) is 0 Å². The van der Waals surface area contributed by atoms with Crippen molar-refractivity contribution in [3.63, 3.8) is 0 Å². The Kier molecular flexibility index (Phi) is 12.9. The Hall–Kier alpha value is -4.46. The molecule has 0 saturated carbocycles. The maximum atomic E-state index is 14.1. The number of hydrogen-bond donors (Lipinski definition) is 0. The maximum absolute atomic E-state index is 14.1. The van der Waals surface area contributed by atoms with Crippen LogP contribution in [0.25, 0.3) is 0 Å². The van der Waals surface area contributed by atoms with E-state index in [1.807, 2.05) is 0 Å². The molecular formula is C48H62F2N8O8. The molecule has 4 atom stereocenters. The third-order valence-corrected chi connectivity index (χ3v) is 15.3. The molecule has 356 valence electrons. The Morgan fingerprint density at radius 3 is 1.38 bits per heavy atom. The second-order valence-electron chi connectivity index (χ2n) is 19.8. The minimum absolute atomic E-state index is 0.0593. The molecule has 0 radical (unpaired) electrons. The molecule has 66 heavy (non-hydrogen) atoms. The first-order valence-corrected chi connectivity index (χ1v) is 24.2. The van der Waals surface area contributed by atoms with Crippen molar-refractivity contribution in [2.75, 3.05) is 102 Å². The summed E-state index contributed by atoms with van der Waals surface area (Å²) in [7, 11) is 0. The van der Waals surface area contributed by atoms with E-state index in [9.17, 15) is 8.78 Å². The summed E-state index contributed by atoms with van der Waals surface area (Å²) in [5.74, 6) is 1.88. The van der Waals surface area contributed by atoms with Crippen LogP contribution in [-0.2, 0) is 18.9 Å². The SMILES string of the molecule is Fc1ccc(O[C@@H]2CCCOC2)c(C2CCN([C@@H]3COC4(C3)CN(c3nnco3)C4)CC2)c1.Fc1ccc(O[C@H]2CCCOC2)c(C2CCN([C@@H]3COC4(C3)CN(c3nnco3)C4)CC2)c1. The average molecular weight is 917 g/mol. The molecule has 4 aromatic rings. The van der Waals surface area contributed by atoms with Gasteiger partial charge in [-0.15, -0.1) is 10.2 Å². The van der Waals surface area contributed by atoms with E-state index in [1.165, 1.54) is 24.9 Å². The normalized spacial score (nSPS) is 28.2. The summed E-state index contributed by atoms with van der Waals surface area (Å²) in [5.41, 5.74) is 1.82. The average Bonchev–Trinajstić information content (AvgIpc) is 4.19. The fourth-order valence-electron chi connectivity index (χ4n) is 11.7. The quantitative estimate of drug-likeness (QED) is 0.184. The van der Waals surface area contributed by atoms with Crippen molar-refractivity contribution in [2.24, 2.45) is 0 Å². The summed E-state index contributed by atoms with van der Waals surface area (Å²) in [5, 5.41) is 15.5. The zero-order chi connectivity index (χ0) is 44.5. The molecule has 8 saturated heterocycles. The number of likely N-dealkylation sites (tertiary alicyclic amines) is 2. The zero-order valence-electron chi connectivity index (χ0n) is 37.7. The Morgan fingerprint density at radius 2 is 1.00 bits per heavy atom. The van der Waals surface area contributed by atoms with Gasteiger partial charge in [-0.05, 0) is 139 Å². The summed E-state index contributed by atoms with van der Waals surface area (Å²) >= 11 is 0. The molecule has 8 aliphatic rings.